The van der Waals surface area contributed by atoms with Gasteiger partial charge in [-0.05, 0) is 59.9 Å². The van der Waals surface area contributed by atoms with Crippen molar-refractivity contribution in [3.8, 4) is 23.6 Å². The molecule has 1 aromatic heterocycles. The van der Waals surface area contributed by atoms with Crippen molar-refractivity contribution in [2.75, 3.05) is 12.8 Å². The second-order valence-electron chi connectivity index (χ2n) is 8.13. The lowest BCUT2D eigenvalue weighted by Crippen LogP contribution is -2.03. The molecule has 9 heteroatoms. The molecule has 0 saturated carbocycles. The molecule has 0 spiro atoms. The van der Waals surface area contributed by atoms with Crippen LogP contribution in [-0.2, 0) is 6.61 Å². The predicted molar refractivity (Wildman–Crippen MR) is 135 cm³/mol. The number of hydrogen-bond acceptors (Lipinski definition) is 8. The molecule has 0 saturated heterocycles. The van der Waals surface area contributed by atoms with E-state index in [2.05, 4.69) is 17.1 Å². The summed E-state index contributed by atoms with van der Waals surface area (Å²) >= 11 is 0. The highest BCUT2D eigenvalue weighted by Gasteiger charge is 2.29. The number of nitro benzene ring substituents is 1. The average molecular weight is 479 g/mol. The second kappa shape index (κ2) is 9.61. The molecule has 3 aromatic rings. The SMILES string of the molecule is COc1cc(C=C2C(C)=C(C#N)c3nc(N)c(C#N)c(C)c32)ccc1OCc1cccc([N+](=O)[O-])c1. The number of ether oxygens (including phenoxy) is 2. The Kier molecular flexibility index (Phi) is 6.40. The number of nitrogens with two attached hydrogens (primary N) is 1. The molecule has 178 valence electrons. The lowest BCUT2D eigenvalue weighted by atomic mass is 9.95. The van der Waals surface area contributed by atoms with Crippen LogP contribution >= 0.6 is 0 Å². The van der Waals surface area contributed by atoms with Gasteiger partial charge in [0.05, 0.1) is 28.9 Å². The van der Waals surface area contributed by atoms with Gasteiger partial charge in [0, 0.05) is 17.7 Å². The van der Waals surface area contributed by atoms with Gasteiger partial charge in [0.25, 0.3) is 5.69 Å². The summed E-state index contributed by atoms with van der Waals surface area (Å²) in [7, 11) is 1.52. The zero-order valence-corrected chi connectivity index (χ0v) is 19.8. The van der Waals surface area contributed by atoms with E-state index in [1.54, 1.807) is 31.2 Å². The molecule has 0 unspecified atom stereocenters. The van der Waals surface area contributed by atoms with Gasteiger partial charge < -0.3 is 15.2 Å². The summed E-state index contributed by atoms with van der Waals surface area (Å²) in [6.45, 7) is 3.76. The maximum Gasteiger partial charge on any atom is 0.269 e. The van der Waals surface area contributed by atoms with Crippen molar-refractivity contribution in [2.45, 2.75) is 20.5 Å². The van der Waals surface area contributed by atoms with Crippen molar-refractivity contribution < 1.29 is 14.4 Å². The van der Waals surface area contributed by atoms with Gasteiger partial charge in [-0.1, -0.05) is 18.2 Å². The van der Waals surface area contributed by atoms with Crippen LogP contribution in [0.1, 0.15) is 40.4 Å². The van der Waals surface area contributed by atoms with Gasteiger partial charge in [-0.25, -0.2) is 4.98 Å². The molecule has 0 fully saturated rings. The van der Waals surface area contributed by atoms with E-state index in [4.69, 9.17) is 15.2 Å². The van der Waals surface area contributed by atoms with Crippen molar-refractivity contribution in [1.29, 1.82) is 10.5 Å². The number of nitro groups is 1. The number of allylic oxidation sites excluding steroid dienone is 3. The first kappa shape index (κ1) is 24.0. The number of fused-ring (bicyclic) bond motifs is 1. The van der Waals surface area contributed by atoms with Gasteiger partial charge in [-0.2, -0.15) is 10.5 Å². The zero-order chi connectivity index (χ0) is 26.0. The highest BCUT2D eigenvalue weighted by molar-refractivity contribution is 6.08. The number of benzene rings is 2. The quantitative estimate of drug-likeness (QED) is 0.375. The Labute approximate surface area is 207 Å². The van der Waals surface area contributed by atoms with E-state index in [1.807, 2.05) is 19.1 Å². The van der Waals surface area contributed by atoms with E-state index >= 15 is 0 Å². The Balaban J connectivity index is 1.70. The van der Waals surface area contributed by atoms with E-state index in [1.165, 1.54) is 19.2 Å². The molecule has 36 heavy (non-hydrogen) atoms. The molecule has 1 heterocycles. The minimum atomic E-state index is -0.452. The Morgan fingerprint density at radius 2 is 1.92 bits per heavy atom. The lowest BCUT2D eigenvalue weighted by Gasteiger charge is -2.13. The maximum absolute atomic E-state index is 11.0. The highest BCUT2D eigenvalue weighted by atomic mass is 16.6. The summed E-state index contributed by atoms with van der Waals surface area (Å²) in [5, 5.41) is 30.3. The number of non-ortho nitro benzene ring substituents is 1. The van der Waals surface area contributed by atoms with E-state index in [9.17, 15) is 20.6 Å². The number of pyridine rings is 1. The molecular weight excluding hydrogens is 458 g/mol. The summed E-state index contributed by atoms with van der Waals surface area (Å²) in [5.74, 6) is 1.04. The van der Waals surface area contributed by atoms with E-state index in [-0.39, 0.29) is 23.7 Å². The number of rotatable bonds is 6. The standard InChI is InChI=1S/C27H21N5O4/c1-15-20(25-16(2)22(13-29)27(30)31-26(25)21(15)12-28)10-17-7-8-23(24(11-17)35-3)36-14-18-5-4-6-19(9-18)32(33)34/h4-11H,14H2,1-3H3,(H2,30,31). The molecule has 2 aromatic carbocycles. The third kappa shape index (κ3) is 4.22. The number of nitrogens with zero attached hydrogens (tertiary/aromatic N) is 4. The van der Waals surface area contributed by atoms with Crippen LogP contribution in [0.2, 0.25) is 0 Å². The number of aromatic nitrogens is 1. The molecule has 1 aliphatic carbocycles. The molecule has 0 radical (unpaired) electrons. The van der Waals surface area contributed by atoms with Gasteiger partial charge in [-0.15, -0.1) is 0 Å². The van der Waals surface area contributed by atoms with Crippen molar-refractivity contribution in [2.24, 2.45) is 0 Å². The largest absolute Gasteiger partial charge is 0.493 e. The van der Waals surface area contributed by atoms with Crippen LogP contribution in [0.15, 0.2) is 48.0 Å². The number of nitrogen functional groups attached to an aromatic ring is 1. The minimum Gasteiger partial charge on any atom is -0.493 e. The van der Waals surface area contributed by atoms with E-state index in [0.717, 1.165) is 16.7 Å². The topological polar surface area (TPSA) is 148 Å². The maximum atomic E-state index is 11.0. The molecule has 0 amide bonds. The summed E-state index contributed by atoms with van der Waals surface area (Å²) in [6, 6.07) is 15.9. The minimum absolute atomic E-state index is 0.00635. The second-order valence-corrected chi connectivity index (χ2v) is 8.13. The summed E-state index contributed by atoms with van der Waals surface area (Å²) in [4.78, 5) is 14.9. The van der Waals surface area contributed by atoms with Crippen LogP contribution in [0.5, 0.6) is 11.5 Å². The molecule has 2 N–H and O–H groups in total. The Bertz CT molecular complexity index is 1560. The van der Waals surface area contributed by atoms with Gasteiger partial charge in [0.1, 0.15) is 24.6 Å². The number of hydrogen-bond donors (Lipinski definition) is 1. The van der Waals surface area contributed by atoms with Crippen LogP contribution in [0.3, 0.4) is 0 Å². The van der Waals surface area contributed by atoms with Crippen LogP contribution in [0.4, 0.5) is 11.5 Å². The molecule has 9 nitrogen and oxygen atoms in total. The summed E-state index contributed by atoms with van der Waals surface area (Å²) < 4.78 is 11.4. The third-order valence-electron chi connectivity index (χ3n) is 6.00. The molecule has 0 aliphatic heterocycles. The van der Waals surface area contributed by atoms with Gasteiger partial charge in [0.2, 0.25) is 0 Å². The first-order chi connectivity index (χ1) is 17.3. The van der Waals surface area contributed by atoms with Crippen LogP contribution < -0.4 is 15.2 Å². The Hall–Kier alpha value is -5.15. The smallest absolute Gasteiger partial charge is 0.269 e. The first-order valence-corrected chi connectivity index (χ1v) is 10.9. The number of nitriles is 2. The first-order valence-electron chi connectivity index (χ1n) is 10.9. The Morgan fingerprint density at radius 1 is 1.14 bits per heavy atom. The fourth-order valence-corrected chi connectivity index (χ4v) is 4.18. The Morgan fingerprint density at radius 3 is 2.58 bits per heavy atom. The summed E-state index contributed by atoms with van der Waals surface area (Å²) in [5.41, 5.74) is 11.5. The highest BCUT2D eigenvalue weighted by Crippen LogP contribution is 2.44. The average Bonchev–Trinajstić information content (AvgIpc) is 3.13. The number of methoxy groups -OCH3 is 1. The third-order valence-corrected chi connectivity index (χ3v) is 6.00. The van der Waals surface area contributed by atoms with Crippen molar-refractivity contribution in [3.63, 3.8) is 0 Å². The van der Waals surface area contributed by atoms with Crippen LogP contribution in [-0.4, -0.2) is 17.0 Å². The molecule has 1 aliphatic rings. The van der Waals surface area contributed by atoms with Crippen molar-refractivity contribution in [1.82, 2.24) is 4.98 Å². The predicted octanol–water partition coefficient (Wildman–Crippen LogP) is 5.19. The number of anilines is 1. The molecule has 0 atom stereocenters. The fourth-order valence-electron chi connectivity index (χ4n) is 4.18. The fraction of sp³-hybridized carbons (Fsp3) is 0.148. The normalized spacial score (nSPS) is 13.2. The van der Waals surface area contributed by atoms with Crippen LogP contribution in [0, 0.1) is 39.7 Å². The van der Waals surface area contributed by atoms with E-state index in [0.29, 0.717) is 39.5 Å². The monoisotopic (exact) mass is 479 g/mol. The lowest BCUT2D eigenvalue weighted by molar-refractivity contribution is -0.384. The zero-order valence-electron chi connectivity index (χ0n) is 19.8. The van der Waals surface area contributed by atoms with Crippen molar-refractivity contribution in [3.05, 3.63) is 91.7 Å². The van der Waals surface area contributed by atoms with E-state index < -0.39 is 4.92 Å². The molecule has 4 rings (SSSR count). The van der Waals surface area contributed by atoms with Gasteiger partial charge >= 0.3 is 0 Å². The van der Waals surface area contributed by atoms with Gasteiger partial charge in [-0.3, -0.25) is 10.1 Å². The van der Waals surface area contributed by atoms with Crippen molar-refractivity contribution >= 4 is 28.7 Å². The molecular formula is C27H21N5O4. The van der Waals surface area contributed by atoms with Gasteiger partial charge in [0.15, 0.2) is 11.5 Å². The molecule has 0 bridgehead atoms. The van der Waals surface area contributed by atoms with Crippen LogP contribution in [0.25, 0.3) is 17.2 Å². The summed E-state index contributed by atoms with van der Waals surface area (Å²) in [6.07, 6.45) is 1.90.